The number of hydrogen-bond donors (Lipinski definition) is 0. The van der Waals surface area contributed by atoms with Gasteiger partial charge in [0.05, 0.1) is 0 Å². The zero-order valence-electron chi connectivity index (χ0n) is 11.4. The van der Waals surface area contributed by atoms with E-state index in [1.54, 1.807) is 0 Å². The largest absolute Gasteiger partial charge is 0.194 e. The van der Waals surface area contributed by atoms with E-state index in [0.29, 0.717) is 0 Å². The van der Waals surface area contributed by atoms with Crippen LogP contribution in [0.3, 0.4) is 0 Å². The molecule has 0 aliphatic carbocycles. The molecule has 0 fully saturated rings. The van der Waals surface area contributed by atoms with Gasteiger partial charge in [0.1, 0.15) is 0 Å². The SMILES string of the molecule is Cc1ccc(-c2cccc3c2-c2c#cccc2B3)cc1. The van der Waals surface area contributed by atoms with Crippen LogP contribution in [0.5, 0.6) is 0 Å². The first kappa shape index (κ1) is 11.4. The van der Waals surface area contributed by atoms with Gasteiger partial charge in [-0.2, -0.15) is 0 Å². The van der Waals surface area contributed by atoms with Crippen molar-refractivity contribution in [1.29, 1.82) is 0 Å². The van der Waals surface area contributed by atoms with E-state index < -0.39 is 0 Å². The van der Waals surface area contributed by atoms with Crippen LogP contribution in [-0.2, 0) is 0 Å². The smallest absolute Gasteiger partial charge is 0.0696 e. The van der Waals surface area contributed by atoms with Crippen LogP contribution in [0.15, 0.2) is 54.6 Å². The second kappa shape index (κ2) is 4.29. The van der Waals surface area contributed by atoms with E-state index >= 15 is 0 Å². The number of aryl methyl sites for hydroxylation is 1. The van der Waals surface area contributed by atoms with Crippen molar-refractivity contribution in [2.75, 3.05) is 0 Å². The fraction of sp³-hybridized carbons (Fsp3) is 0.0526. The van der Waals surface area contributed by atoms with Crippen LogP contribution in [0, 0.1) is 19.1 Å². The van der Waals surface area contributed by atoms with Gasteiger partial charge in [-0.15, -0.1) is 0 Å². The Bertz CT molecular complexity index is 785. The molecular weight excluding hydrogens is 239 g/mol. The molecule has 0 nitrogen and oxygen atoms in total. The molecule has 0 amide bonds. The molecule has 3 aromatic carbocycles. The number of fused-ring (bicyclic) bond motifs is 3. The molecule has 0 unspecified atom stereocenters. The van der Waals surface area contributed by atoms with Gasteiger partial charge in [-0.05, 0) is 29.7 Å². The van der Waals surface area contributed by atoms with E-state index in [1.165, 1.54) is 38.7 Å². The molecule has 0 spiro atoms. The molecule has 0 saturated heterocycles. The molecule has 0 N–H and O–H groups in total. The predicted octanol–water partition coefficient (Wildman–Crippen LogP) is 2.63. The molecule has 92 valence electrons. The van der Waals surface area contributed by atoms with Crippen LogP contribution < -0.4 is 10.9 Å². The monoisotopic (exact) mass is 252 g/mol. The maximum atomic E-state index is 3.30. The van der Waals surface area contributed by atoms with Gasteiger partial charge < -0.3 is 0 Å². The van der Waals surface area contributed by atoms with E-state index in [0.717, 1.165) is 7.28 Å². The van der Waals surface area contributed by atoms with Gasteiger partial charge in [-0.1, -0.05) is 77.2 Å². The fourth-order valence-corrected chi connectivity index (χ4v) is 3.01. The Labute approximate surface area is 120 Å². The topological polar surface area (TPSA) is 0 Å². The molecule has 20 heavy (non-hydrogen) atoms. The number of hydrogen-bond acceptors (Lipinski definition) is 0. The Hall–Kier alpha value is -2.46. The molecular formula is C19H13B. The third-order valence-electron chi connectivity index (χ3n) is 4.03. The summed E-state index contributed by atoms with van der Waals surface area (Å²) in [5.41, 5.74) is 9.19. The summed E-state index contributed by atoms with van der Waals surface area (Å²) in [5, 5.41) is 0. The van der Waals surface area contributed by atoms with Crippen LogP contribution in [0.4, 0.5) is 0 Å². The van der Waals surface area contributed by atoms with Gasteiger partial charge in [0.25, 0.3) is 0 Å². The molecule has 1 aliphatic heterocycles. The molecule has 1 aliphatic rings. The Balaban J connectivity index is 1.97. The Morgan fingerprint density at radius 1 is 0.900 bits per heavy atom. The highest BCUT2D eigenvalue weighted by molar-refractivity contribution is 6.73. The Morgan fingerprint density at radius 2 is 1.75 bits per heavy atom. The van der Waals surface area contributed by atoms with Crippen molar-refractivity contribution in [3.8, 4) is 22.3 Å². The maximum absolute atomic E-state index is 3.30. The van der Waals surface area contributed by atoms with E-state index in [-0.39, 0.29) is 0 Å². The van der Waals surface area contributed by atoms with Gasteiger partial charge in [-0.3, -0.25) is 0 Å². The van der Waals surface area contributed by atoms with Crippen molar-refractivity contribution < 1.29 is 0 Å². The summed E-state index contributed by atoms with van der Waals surface area (Å²) >= 11 is 0. The van der Waals surface area contributed by atoms with Crippen LogP contribution in [0.25, 0.3) is 22.3 Å². The van der Waals surface area contributed by atoms with E-state index in [9.17, 15) is 0 Å². The molecule has 0 bridgehead atoms. The minimum Gasteiger partial charge on any atom is -0.0696 e. The van der Waals surface area contributed by atoms with Crippen molar-refractivity contribution in [3.05, 3.63) is 72.3 Å². The van der Waals surface area contributed by atoms with Crippen LogP contribution in [0.1, 0.15) is 5.56 Å². The minimum atomic E-state index is 1.01. The van der Waals surface area contributed by atoms with Crippen molar-refractivity contribution in [1.82, 2.24) is 0 Å². The van der Waals surface area contributed by atoms with Gasteiger partial charge in [0.15, 0.2) is 7.28 Å². The summed E-state index contributed by atoms with van der Waals surface area (Å²) in [4.78, 5) is 0. The molecule has 3 aromatic rings. The minimum absolute atomic E-state index is 1.01. The first-order valence-electron chi connectivity index (χ1n) is 6.93. The lowest BCUT2D eigenvalue weighted by molar-refractivity contribution is 1.47. The second-order valence-corrected chi connectivity index (χ2v) is 5.39. The van der Waals surface area contributed by atoms with E-state index in [4.69, 9.17) is 0 Å². The summed E-state index contributed by atoms with van der Waals surface area (Å²) in [6.07, 6.45) is 0. The second-order valence-electron chi connectivity index (χ2n) is 5.39. The number of benzene rings is 2. The average molecular weight is 252 g/mol. The van der Waals surface area contributed by atoms with Crippen molar-refractivity contribution in [2.45, 2.75) is 6.92 Å². The highest BCUT2D eigenvalue weighted by Gasteiger charge is 2.22. The molecule has 1 heteroatoms. The van der Waals surface area contributed by atoms with Crippen LogP contribution in [0.2, 0.25) is 0 Å². The van der Waals surface area contributed by atoms with E-state index in [1.807, 2.05) is 6.07 Å². The Kier molecular flexibility index (Phi) is 2.44. The number of rotatable bonds is 1. The Morgan fingerprint density at radius 3 is 2.60 bits per heavy atom. The molecule has 4 rings (SSSR count). The van der Waals surface area contributed by atoms with Crippen LogP contribution >= 0.6 is 0 Å². The molecule has 0 atom stereocenters. The first-order chi connectivity index (χ1) is 9.83. The summed E-state index contributed by atoms with van der Waals surface area (Å²) in [5.74, 6) is 0. The molecule has 0 aromatic heterocycles. The molecule has 0 radical (unpaired) electrons. The van der Waals surface area contributed by atoms with Crippen LogP contribution in [-0.4, -0.2) is 7.28 Å². The normalized spacial score (nSPS) is 11.2. The van der Waals surface area contributed by atoms with Gasteiger partial charge in [0.2, 0.25) is 0 Å². The summed E-state index contributed by atoms with van der Waals surface area (Å²) in [6, 6.07) is 25.8. The third-order valence-corrected chi connectivity index (χ3v) is 4.03. The first-order valence-corrected chi connectivity index (χ1v) is 6.93. The third kappa shape index (κ3) is 1.66. The zero-order chi connectivity index (χ0) is 13.5. The lowest BCUT2D eigenvalue weighted by Crippen LogP contribution is -2.20. The fourth-order valence-electron chi connectivity index (χ4n) is 3.01. The van der Waals surface area contributed by atoms with Gasteiger partial charge >= 0.3 is 0 Å². The quantitative estimate of drug-likeness (QED) is 0.457. The zero-order valence-corrected chi connectivity index (χ0v) is 11.4. The maximum Gasteiger partial charge on any atom is 0.194 e. The lowest BCUT2D eigenvalue weighted by atomic mass is 9.68. The summed E-state index contributed by atoms with van der Waals surface area (Å²) < 4.78 is 0. The average Bonchev–Trinajstić information content (AvgIpc) is 2.86. The van der Waals surface area contributed by atoms with Gasteiger partial charge in [0, 0.05) is 5.56 Å². The predicted molar refractivity (Wildman–Crippen MR) is 86.1 cm³/mol. The highest BCUT2D eigenvalue weighted by Crippen LogP contribution is 2.31. The summed E-state index contributed by atoms with van der Waals surface area (Å²) in [6.45, 7) is 2.12. The highest BCUT2D eigenvalue weighted by atomic mass is 14.2. The van der Waals surface area contributed by atoms with Gasteiger partial charge in [-0.25, -0.2) is 0 Å². The van der Waals surface area contributed by atoms with Crippen molar-refractivity contribution >= 4 is 18.2 Å². The summed E-state index contributed by atoms with van der Waals surface area (Å²) in [7, 11) is 1.01. The standard InChI is InChI=1S/C19H13B/c1-13-9-11-14(12-10-13)15-6-4-8-18-19(15)16-5-2-3-7-17(16)20-18/h3-4,6-12,20H,1H3. The molecule has 0 saturated carbocycles. The van der Waals surface area contributed by atoms with Crippen molar-refractivity contribution in [2.24, 2.45) is 0 Å². The van der Waals surface area contributed by atoms with Crippen molar-refractivity contribution in [3.63, 3.8) is 0 Å². The molecule has 1 heterocycles. The van der Waals surface area contributed by atoms with E-state index in [2.05, 4.69) is 67.6 Å². The lowest BCUT2D eigenvalue weighted by Gasteiger charge is -2.09.